The van der Waals surface area contributed by atoms with Crippen LogP contribution in [0.1, 0.15) is 48.8 Å². The van der Waals surface area contributed by atoms with E-state index in [4.69, 9.17) is 10.7 Å². The second kappa shape index (κ2) is 9.87. The number of primary amides is 1. The number of imidazole rings is 1. The highest BCUT2D eigenvalue weighted by molar-refractivity contribution is 6.05. The molecule has 0 spiro atoms. The number of pyridine rings is 2. The Morgan fingerprint density at radius 1 is 1.05 bits per heavy atom. The van der Waals surface area contributed by atoms with E-state index in [1.807, 2.05) is 36.7 Å². The SMILES string of the molecule is CCc1nc2ncc(-c3cccc4c(-c5ccc(C(N)=O)c(NC6CCC(O)CC6)c5)nccc34)cc2[nH]1. The highest BCUT2D eigenvalue weighted by atomic mass is 16.3. The van der Waals surface area contributed by atoms with Crippen LogP contribution in [0.25, 0.3) is 44.3 Å². The zero-order valence-electron chi connectivity index (χ0n) is 21.2. The van der Waals surface area contributed by atoms with Crippen LogP contribution in [0, 0.1) is 0 Å². The van der Waals surface area contributed by atoms with Gasteiger partial charge >= 0.3 is 0 Å². The Morgan fingerprint density at radius 2 is 1.89 bits per heavy atom. The molecule has 0 aliphatic heterocycles. The highest BCUT2D eigenvalue weighted by Gasteiger charge is 2.21. The van der Waals surface area contributed by atoms with Crippen molar-refractivity contribution in [2.45, 2.75) is 51.2 Å². The lowest BCUT2D eigenvalue weighted by molar-refractivity contribution is 0.100. The van der Waals surface area contributed by atoms with Crippen LogP contribution in [0.5, 0.6) is 0 Å². The molecule has 8 nitrogen and oxygen atoms in total. The minimum absolute atomic E-state index is 0.178. The first-order chi connectivity index (χ1) is 18.5. The normalized spacial score (nSPS) is 17.6. The third-order valence-electron chi connectivity index (χ3n) is 7.45. The molecule has 5 N–H and O–H groups in total. The number of anilines is 1. The Hall–Kier alpha value is -4.30. The van der Waals surface area contributed by atoms with Crippen LogP contribution in [-0.2, 0) is 6.42 Å². The number of amides is 1. The van der Waals surface area contributed by atoms with E-state index in [0.29, 0.717) is 11.3 Å². The van der Waals surface area contributed by atoms with Crippen LogP contribution >= 0.6 is 0 Å². The Bertz CT molecular complexity index is 1650. The molecule has 0 bridgehead atoms. The predicted octanol–water partition coefficient (Wildman–Crippen LogP) is 5.22. The van der Waals surface area contributed by atoms with E-state index in [0.717, 1.165) is 82.2 Å². The van der Waals surface area contributed by atoms with Crippen molar-refractivity contribution in [3.8, 4) is 22.4 Å². The van der Waals surface area contributed by atoms with Crippen LogP contribution in [0.15, 0.2) is 60.9 Å². The van der Waals surface area contributed by atoms with Gasteiger partial charge in [-0.2, -0.15) is 0 Å². The fourth-order valence-electron chi connectivity index (χ4n) is 5.42. The van der Waals surface area contributed by atoms with Crippen LogP contribution in [0.2, 0.25) is 0 Å². The number of nitrogens with one attached hydrogen (secondary N) is 2. The van der Waals surface area contributed by atoms with Crippen molar-refractivity contribution in [2.24, 2.45) is 5.73 Å². The monoisotopic (exact) mass is 506 g/mol. The van der Waals surface area contributed by atoms with Gasteiger partial charge in [0.2, 0.25) is 0 Å². The van der Waals surface area contributed by atoms with E-state index >= 15 is 0 Å². The Morgan fingerprint density at radius 3 is 2.68 bits per heavy atom. The third-order valence-corrected chi connectivity index (χ3v) is 7.45. The fraction of sp³-hybridized carbons (Fsp3) is 0.267. The maximum Gasteiger partial charge on any atom is 0.250 e. The molecule has 1 saturated carbocycles. The summed E-state index contributed by atoms with van der Waals surface area (Å²) in [5, 5.41) is 15.5. The number of hydrogen-bond donors (Lipinski definition) is 4. The first kappa shape index (κ1) is 24.1. The summed E-state index contributed by atoms with van der Waals surface area (Å²) in [6.07, 6.45) is 7.43. The average Bonchev–Trinajstić information content (AvgIpc) is 3.36. The lowest BCUT2D eigenvalue weighted by atomic mass is 9.92. The van der Waals surface area contributed by atoms with Gasteiger partial charge in [0.1, 0.15) is 5.82 Å². The second-order valence-electron chi connectivity index (χ2n) is 9.97. The smallest absolute Gasteiger partial charge is 0.250 e. The van der Waals surface area contributed by atoms with Crippen LogP contribution in [0.4, 0.5) is 5.69 Å². The predicted molar refractivity (Wildman–Crippen MR) is 150 cm³/mol. The number of aromatic nitrogens is 4. The number of rotatable bonds is 6. The molecule has 0 unspecified atom stereocenters. The first-order valence-electron chi connectivity index (χ1n) is 13.1. The molecule has 6 rings (SSSR count). The van der Waals surface area contributed by atoms with Gasteiger partial charge in [-0.3, -0.25) is 9.78 Å². The number of nitrogens with zero attached hydrogens (tertiary/aromatic N) is 3. The number of fused-ring (bicyclic) bond motifs is 2. The third kappa shape index (κ3) is 4.48. The van der Waals surface area contributed by atoms with Crippen molar-refractivity contribution in [1.29, 1.82) is 0 Å². The molecule has 0 radical (unpaired) electrons. The zero-order valence-corrected chi connectivity index (χ0v) is 21.2. The Labute approximate surface area is 220 Å². The van der Waals surface area contributed by atoms with Crippen LogP contribution in [-0.4, -0.2) is 43.1 Å². The summed E-state index contributed by atoms with van der Waals surface area (Å²) >= 11 is 0. The van der Waals surface area contributed by atoms with E-state index in [9.17, 15) is 9.90 Å². The van der Waals surface area contributed by atoms with Gasteiger partial charge in [-0.25, -0.2) is 9.97 Å². The zero-order chi connectivity index (χ0) is 26.2. The van der Waals surface area contributed by atoms with Gasteiger partial charge in [-0.15, -0.1) is 0 Å². The van der Waals surface area contributed by atoms with Gasteiger partial charge in [0.05, 0.1) is 22.9 Å². The summed E-state index contributed by atoms with van der Waals surface area (Å²) in [4.78, 5) is 29.4. The number of H-pyrrole nitrogens is 1. The van der Waals surface area contributed by atoms with Crippen molar-refractivity contribution in [3.05, 3.63) is 72.3 Å². The quantitative estimate of drug-likeness (QED) is 0.250. The molecule has 192 valence electrons. The van der Waals surface area contributed by atoms with Gasteiger partial charge in [0, 0.05) is 47.1 Å². The summed E-state index contributed by atoms with van der Waals surface area (Å²) in [6, 6.07) is 16.1. The number of aromatic amines is 1. The molecule has 38 heavy (non-hydrogen) atoms. The molecule has 1 aliphatic rings. The Kier molecular flexibility index (Phi) is 6.25. The number of carbonyl (C=O) groups excluding carboxylic acids is 1. The number of aliphatic hydroxyl groups excluding tert-OH is 1. The summed E-state index contributed by atoms with van der Waals surface area (Å²) in [6.45, 7) is 2.06. The molecule has 0 saturated heterocycles. The highest BCUT2D eigenvalue weighted by Crippen LogP contribution is 2.35. The topological polar surface area (TPSA) is 130 Å². The van der Waals surface area contributed by atoms with Crippen LogP contribution in [0.3, 0.4) is 0 Å². The molecule has 8 heteroatoms. The standard InChI is InChI=1S/C30H30N6O2/c1-2-27-35-26-15-18(16-33-30(26)36-27)21-4-3-5-23-22(21)12-13-32-28(23)17-6-11-24(29(31)38)25(14-17)34-19-7-9-20(37)10-8-19/h3-6,11-16,19-20,34,37H,2,7-10H2,1H3,(H2,31,38)(H,33,35,36). The molecule has 3 heterocycles. The number of benzene rings is 2. The minimum atomic E-state index is -0.476. The minimum Gasteiger partial charge on any atom is -0.393 e. The van der Waals surface area contributed by atoms with Crippen molar-refractivity contribution in [1.82, 2.24) is 19.9 Å². The number of nitrogens with two attached hydrogens (primary N) is 1. The summed E-state index contributed by atoms with van der Waals surface area (Å²) in [7, 11) is 0. The van der Waals surface area contributed by atoms with Crippen molar-refractivity contribution < 1.29 is 9.90 Å². The number of aryl methyl sites for hydroxylation is 1. The molecule has 2 aromatic carbocycles. The van der Waals surface area contributed by atoms with Gasteiger partial charge < -0.3 is 21.1 Å². The summed E-state index contributed by atoms with van der Waals surface area (Å²) < 4.78 is 0. The molecule has 5 aromatic rings. The van der Waals surface area contributed by atoms with Crippen LogP contribution < -0.4 is 11.1 Å². The number of hydrogen-bond acceptors (Lipinski definition) is 6. The van der Waals surface area contributed by atoms with Crippen molar-refractivity contribution in [3.63, 3.8) is 0 Å². The van der Waals surface area contributed by atoms with E-state index in [1.54, 1.807) is 6.07 Å². The first-order valence-corrected chi connectivity index (χ1v) is 13.1. The van der Waals surface area contributed by atoms with E-state index in [2.05, 4.69) is 45.4 Å². The van der Waals surface area contributed by atoms with Crippen molar-refractivity contribution >= 4 is 33.5 Å². The van der Waals surface area contributed by atoms with Gasteiger partial charge in [-0.05, 0) is 60.9 Å². The maximum atomic E-state index is 12.2. The molecule has 0 atom stereocenters. The number of carbonyl (C=O) groups is 1. The molecular weight excluding hydrogens is 476 g/mol. The average molecular weight is 507 g/mol. The Balaban J connectivity index is 1.42. The summed E-state index contributed by atoms with van der Waals surface area (Å²) in [5.74, 6) is 0.443. The molecule has 3 aromatic heterocycles. The lowest BCUT2D eigenvalue weighted by Crippen LogP contribution is -2.29. The second-order valence-corrected chi connectivity index (χ2v) is 9.97. The van der Waals surface area contributed by atoms with Crippen molar-refractivity contribution in [2.75, 3.05) is 5.32 Å². The summed E-state index contributed by atoms with van der Waals surface area (Å²) in [5.41, 5.74) is 12.3. The van der Waals surface area contributed by atoms with E-state index in [-0.39, 0.29) is 12.1 Å². The lowest BCUT2D eigenvalue weighted by Gasteiger charge is -2.28. The van der Waals surface area contributed by atoms with Gasteiger partial charge in [-0.1, -0.05) is 31.2 Å². The molecular formula is C30H30N6O2. The van der Waals surface area contributed by atoms with Gasteiger partial charge in [0.25, 0.3) is 5.91 Å². The van der Waals surface area contributed by atoms with E-state index in [1.165, 1.54) is 0 Å². The van der Waals surface area contributed by atoms with E-state index < -0.39 is 5.91 Å². The maximum absolute atomic E-state index is 12.2. The van der Waals surface area contributed by atoms with Gasteiger partial charge in [0.15, 0.2) is 5.65 Å². The fourth-order valence-corrected chi connectivity index (χ4v) is 5.42. The largest absolute Gasteiger partial charge is 0.393 e. The molecule has 1 amide bonds. The number of aliphatic hydroxyl groups is 1. The molecule has 1 fully saturated rings. The molecule has 1 aliphatic carbocycles.